The van der Waals surface area contributed by atoms with Crippen molar-refractivity contribution in [1.29, 1.82) is 0 Å². The van der Waals surface area contributed by atoms with Gasteiger partial charge in [0.1, 0.15) is 5.54 Å². The highest BCUT2D eigenvalue weighted by molar-refractivity contribution is 7.87. The first kappa shape index (κ1) is 22.3. The normalized spacial score (nSPS) is 25.8. The molecule has 2 aromatic rings. The van der Waals surface area contributed by atoms with Crippen LogP contribution in [0.25, 0.3) is 0 Å². The monoisotopic (exact) mass is 458 g/mol. The molecule has 10 heteroatoms. The van der Waals surface area contributed by atoms with Gasteiger partial charge in [-0.05, 0) is 23.6 Å². The highest BCUT2D eigenvalue weighted by Crippen LogP contribution is 2.57. The van der Waals surface area contributed by atoms with Gasteiger partial charge in [0.15, 0.2) is 0 Å². The molecule has 1 unspecified atom stereocenters. The van der Waals surface area contributed by atoms with E-state index in [1.54, 1.807) is 36.1 Å². The Hall–Kier alpha value is -2.95. The lowest BCUT2D eigenvalue weighted by Gasteiger charge is -2.34. The summed E-state index contributed by atoms with van der Waals surface area (Å²) in [7, 11) is -4.06. The number of aliphatic carboxylic acids is 1. The Morgan fingerprint density at radius 3 is 2.09 bits per heavy atom. The third-order valence-electron chi connectivity index (χ3n) is 6.30. The molecule has 3 atom stereocenters. The SMILES string of the molecule is C[C@H]1C(c2ccccc2)[C@]1(NS(=O)(=O)N1CCN(C(=O)Nc2ccccc2)CC1)C(=O)O. The fraction of sp³-hybridized carbons (Fsp3) is 0.364. The summed E-state index contributed by atoms with van der Waals surface area (Å²) < 4.78 is 29.8. The van der Waals surface area contributed by atoms with Crippen molar-refractivity contribution in [3.8, 4) is 0 Å². The molecule has 1 saturated heterocycles. The Kier molecular flexibility index (Phi) is 5.93. The summed E-state index contributed by atoms with van der Waals surface area (Å²) >= 11 is 0. The molecule has 2 amide bonds. The molecule has 1 aliphatic carbocycles. The van der Waals surface area contributed by atoms with E-state index in [9.17, 15) is 23.1 Å². The molecule has 1 aliphatic heterocycles. The van der Waals surface area contributed by atoms with E-state index in [4.69, 9.17) is 0 Å². The minimum atomic E-state index is -4.06. The summed E-state index contributed by atoms with van der Waals surface area (Å²) in [5.41, 5.74) is -0.137. The predicted octanol–water partition coefficient (Wildman–Crippen LogP) is 1.93. The van der Waals surface area contributed by atoms with Crippen LogP contribution < -0.4 is 10.0 Å². The quantitative estimate of drug-likeness (QED) is 0.611. The number of amides is 2. The fourth-order valence-electron chi connectivity index (χ4n) is 4.43. The smallest absolute Gasteiger partial charge is 0.325 e. The largest absolute Gasteiger partial charge is 0.480 e. The number of rotatable bonds is 6. The number of hydrogen-bond donors (Lipinski definition) is 3. The second kappa shape index (κ2) is 8.53. The molecule has 2 aliphatic rings. The molecule has 4 rings (SSSR count). The third-order valence-corrected chi connectivity index (χ3v) is 7.94. The lowest BCUT2D eigenvalue weighted by molar-refractivity contribution is -0.140. The van der Waals surface area contributed by atoms with Crippen LogP contribution in [-0.2, 0) is 15.0 Å². The number of anilines is 1. The average molecular weight is 459 g/mol. The van der Waals surface area contributed by atoms with Crippen LogP contribution in [-0.4, -0.2) is 66.4 Å². The number of piperazine rings is 1. The Morgan fingerprint density at radius 2 is 1.53 bits per heavy atom. The number of benzene rings is 2. The molecule has 32 heavy (non-hydrogen) atoms. The summed E-state index contributed by atoms with van der Waals surface area (Å²) in [6, 6.07) is 17.8. The number of para-hydroxylation sites is 1. The number of urea groups is 1. The van der Waals surface area contributed by atoms with Gasteiger partial charge in [-0.15, -0.1) is 0 Å². The van der Waals surface area contributed by atoms with Gasteiger partial charge >= 0.3 is 12.0 Å². The Bertz CT molecular complexity index is 1090. The van der Waals surface area contributed by atoms with Crippen LogP contribution in [0.3, 0.4) is 0 Å². The van der Waals surface area contributed by atoms with Gasteiger partial charge in [-0.1, -0.05) is 55.5 Å². The Morgan fingerprint density at radius 1 is 0.969 bits per heavy atom. The van der Waals surface area contributed by atoms with Gasteiger partial charge in [0.05, 0.1) is 0 Å². The molecular weight excluding hydrogens is 432 g/mol. The molecule has 1 saturated carbocycles. The highest BCUT2D eigenvalue weighted by atomic mass is 32.2. The van der Waals surface area contributed by atoms with Crippen molar-refractivity contribution in [3.63, 3.8) is 0 Å². The van der Waals surface area contributed by atoms with Crippen LogP contribution in [0.1, 0.15) is 18.4 Å². The maximum absolute atomic E-state index is 13.1. The topological polar surface area (TPSA) is 119 Å². The average Bonchev–Trinajstić information content (AvgIpc) is 3.38. The lowest BCUT2D eigenvalue weighted by Crippen LogP contribution is -2.57. The van der Waals surface area contributed by atoms with E-state index in [-0.39, 0.29) is 32.2 Å². The number of carboxylic acid groups (broad SMARTS) is 1. The van der Waals surface area contributed by atoms with Gasteiger partial charge in [-0.2, -0.15) is 17.4 Å². The van der Waals surface area contributed by atoms with E-state index in [1.807, 2.05) is 36.4 Å². The van der Waals surface area contributed by atoms with Crippen molar-refractivity contribution in [1.82, 2.24) is 13.9 Å². The molecule has 3 N–H and O–H groups in total. The molecule has 2 aromatic carbocycles. The number of nitrogens with one attached hydrogen (secondary N) is 2. The van der Waals surface area contributed by atoms with Gasteiger partial charge in [-0.25, -0.2) is 4.79 Å². The summed E-state index contributed by atoms with van der Waals surface area (Å²) in [4.78, 5) is 26.1. The number of nitrogens with zero attached hydrogens (tertiary/aromatic N) is 2. The second-order valence-corrected chi connectivity index (χ2v) is 9.81. The summed E-state index contributed by atoms with van der Waals surface area (Å²) in [5.74, 6) is -2.03. The zero-order valence-electron chi connectivity index (χ0n) is 17.6. The summed E-state index contributed by atoms with van der Waals surface area (Å²) in [6.45, 7) is 2.31. The van der Waals surface area contributed by atoms with E-state index < -0.39 is 33.6 Å². The van der Waals surface area contributed by atoms with Gasteiger partial charge in [0.25, 0.3) is 10.2 Å². The van der Waals surface area contributed by atoms with Crippen LogP contribution in [0.15, 0.2) is 60.7 Å². The number of carbonyl (C=O) groups is 2. The molecule has 0 aromatic heterocycles. The Balaban J connectivity index is 1.41. The van der Waals surface area contributed by atoms with Gasteiger partial charge in [-0.3, -0.25) is 4.79 Å². The number of carbonyl (C=O) groups excluding carboxylic acids is 1. The van der Waals surface area contributed by atoms with E-state index in [2.05, 4.69) is 10.0 Å². The van der Waals surface area contributed by atoms with Crippen molar-refractivity contribution < 1.29 is 23.1 Å². The van der Waals surface area contributed by atoms with Gasteiger partial charge in [0, 0.05) is 37.8 Å². The molecule has 9 nitrogen and oxygen atoms in total. The first-order valence-corrected chi connectivity index (χ1v) is 11.9. The Labute approximate surface area is 187 Å². The first-order chi connectivity index (χ1) is 15.3. The maximum Gasteiger partial charge on any atom is 0.325 e. The summed E-state index contributed by atoms with van der Waals surface area (Å²) in [6.07, 6.45) is 0. The van der Waals surface area contributed by atoms with Crippen molar-refractivity contribution in [2.45, 2.75) is 18.4 Å². The third kappa shape index (κ3) is 4.08. The van der Waals surface area contributed by atoms with E-state index in [1.165, 1.54) is 4.31 Å². The minimum Gasteiger partial charge on any atom is -0.480 e. The number of carboxylic acids is 1. The van der Waals surface area contributed by atoms with Crippen molar-refractivity contribution in [2.75, 3.05) is 31.5 Å². The van der Waals surface area contributed by atoms with Crippen LogP contribution >= 0.6 is 0 Å². The van der Waals surface area contributed by atoms with Crippen LogP contribution in [0.5, 0.6) is 0 Å². The van der Waals surface area contributed by atoms with Crippen LogP contribution in [0.4, 0.5) is 10.5 Å². The highest BCUT2D eigenvalue weighted by Gasteiger charge is 2.70. The minimum absolute atomic E-state index is 0.0810. The molecule has 0 bridgehead atoms. The van der Waals surface area contributed by atoms with Gasteiger partial charge in [0.2, 0.25) is 0 Å². The van der Waals surface area contributed by atoms with E-state index >= 15 is 0 Å². The zero-order valence-corrected chi connectivity index (χ0v) is 18.5. The standard InChI is InChI=1S/C22H26N4O5S/c1-16-19(17-8-4-2-5-9-17)22(16,20(27)28)24-32(30,31)26-14-12-25(13-15-26)21(29)23-18-10-6-3-7-11-18/h2-11,16,19,24H,12-15H2,1H3,(H,23,29)(H,27,28)/t16-,19?,22-/m0/s1. The maximum atomic E-state index is 13.1. The first-order valence-electron chi connectivity index (χ1n) is 10.4. The van der Waals surface area contributed by atoms with Crippen LogP contribution in [0.2, 0.25) is 0 Å². The molecule has 170 valence electrons. The van der Waals surface area contributed by atoms with E-state index in [0.29, 0.717) is 5.69 Å². The molecular formula is C22H26N4O5S. The van der Waals surface area contributed by atoms with Crippen molar-refractivity contribution in [2.24, 2.45) is 5.92 Å². The zero-order chi connectivity index (χ0) is 22.9. The predicted molar refractivity (Wildman–Crippen MR) is 119 cm³/mol. The lowest BCUT2D eigenvalue weighted by atomic mass is 10.1. The van der Waals surface area contributed by atoms with Gasteiger partial charge < -0.3 is 15.3 Å². The molecule has 0 spiro atoms. The van der Waals surface area contributed by atoms with Crippen molar-refractivity contribution in [3.05, 3.63) is 66.2 Å². The molecule has 1 heterocycles. The summed E-state index contributed by atoms with van der Waals surface area (Å²) in [5, 5.41) is 12.7. The van der Waals surface area contributed by atoms with E-state index in [0.717, 1.165) is 5.56 Å². The second-order valence-electron chi connectivity index (χ2n) is 8.14. The fourth-order valence-corrected chi connectivity index (χ4v) is 6.03. The van der Waals surface area contributed by atoms with Crippen molar-refractivity contribution >= 4 is 27.9 Å². The van der Waals surface area contributed by atoms with Crippen LogP contribution in [0, 0.1) is 5.92 Å². The molecule has 0 radical (unpaired) electrons. The number of hydrogen-bond acceptors (Lipinski definition) is 4. The molecule has 2 fully saturated rings.